The van der Waals surface area contributed by atoms with E-state index in [4.69, 9.17) is 29.4 Å². The van der Waals surface area contributed by atoms with E-state index in [2.05, 4.69) is 21.1 Å². The molecule has 0 aliphatic rings. The quantitative estimate of drug-likeness (QED) is 0.0853. The summed E-state index contributed by atoms with van der Waals surface area (Å²) in [5, 5.41) is 11.1. The maximum absolute atomic E-state index is 5.53. The van der Waals surface area contributed by atoms with E-state index in [9.17, 15) is 0 Å². The Kier molecular flexibility index (Phi) is 10.3. The monoisotopic (exact) mass is 682 g/mol. The summed E-state index contributed by atoms with van der Waals surface area (Å²) in [5.74, 6) is 2.25. The fourth-order valence-electron chi connectivity index (χ4n) is 5.36. The minimum Gasteiger partial charge on any atom is -0.494 e. The van der Waals surface area contributed by atoms with E-state index in [1.165, 1.54) is 0 Å². The molecule has 10 heteroatoms. The highest BCUT2D eigenvalue weighted by Crippen LogP contribution is 2.28. The zero-order chi connectivity index (χ0) is 35.5. The van der Waals surface area contributed by atoms with Crippen molar-refractivity contribution in [3.8, 4) is 11.5 Å². The molecule has 0 aliphatic heterocycles. The number of aliphatic imine (C=N–C) groups is 2. The minimum atomic E-state index is 0.479. The fourth-order valence-corrected chi connectivity index (χ4v) is 5.36. The summed E-state index contributed by atoms with van der Waals surface area (Å²) in [5.41, 5.74) is 12.3. The van der Waals surface area contributed by atoms with Gasteiger partial charge in [0.25, 0.3) is 0 Å². The summed E-state index contributed by atoms with van der Waals surface area (Å²) < 4.78 is 11.1. The van der Waals surface area contributed by atoms with E-state index >= 15 is 0 Å². The molecule has 0 amide bonds. The molecule has 0 saturated heterocycles. The number of nitrogens with zero attached hydrogens (tertiary/aromatic N) is 6. The van der Waals surface area contributed by atoms with Crippen molar-refractivity contribution >= 4 is 57.3 Å². The Morgan fingerprint density at radius 2 is 0.885 bits per heavy atom. The third-order valence-corrected chi connectivity index (χ3v) is 8.02. The van der Waals surface area contributed by atoms with E-state index < -0.39 is 0 Å². The molecule has 254 valence electrons. The molecule has 2 aromatic heterocycles. The van der Waals surface area contributed by atoms with E-state index in [0.717, 1.165) is 32.9 Å². The number of methoxy groups -OCH3 is 2. The van der Waals surface area contributed by atoms with Crippen LogP contribution in [0.3, 0.4) is 0 Å². The summed E-state index contributed by atoms with van der Waals surface area (Å²) in [7, 11) is 3.24. The number of hydrogen-bond acceptors (Lipinski definition) is 8. The first kappa shape index (κ1) is 33.3. The molecular weight excluding hydrogens is 649 g/mol. The van der Waals surface area contributed by atoms with Crippen LogP contribution in [0.2, 0.25) is 0 Å². The number of fused-ring (bicyclic) bond motifs is 2. The lowest BCUT2D eigenvalue weighted by atomic mass is 10.2. The average Bonchev–Trinajstić information content (AvgIpc) is 3.20. The van der Waals surface area contributed by atoms with Crippen molar-refractivity contribution in [2.24, 2.45) is 20.2 Å². The van der Waals surface area contributed by atoms with Gasteiger partial charge in [-0.05, 0) is 59.7 Å². The number of hydrazone groups is 2. The van der Waals surface area contributed by atoms with Crippen molar-refractivity contribution in [1.29, 1.82) is 0 Å². The van der Waals surface area contributed by atoms with Crippen LogP contribution in [-0.2, 0) is 0 Å². The molecule has 7 rings (SSSR count). The van der Waals surface area contributed by atoms with E-state index in [1.807, 2.05) is 146 Å². The third kappa shape index (κ3) is 7.98. The van der Waals surface area contributed by atoms with Gasteiger partial charge in [-0.15, -0.1) is 0 Å². The second-order valence-corrected chi connectivity index (χ2v) is 11.4. The Balaban J connectivity index is 1.09. The SMILES string of the molecule is COc1ccccc1N=C(NN=Cc1ccc(C=NNC(=Nc2ccccc2OC)c2ccc3ccccc3n2)cc1)c1ccc2ccccc2n1. The highest BCUT2D eigenvalue weighted by atomic mass is 16.5. The van der Waals surface area contributed by atoms with Crippen LogP contribution in [0.4, 0.5) is 11.4 Å². The van der Waals surface area contributed by atoms with Gasteiger partial charge in [-0.25, -0.2) is 20.0 Å². The Morgan fingerprint density at radius 3 is 1.33 bits per heavy atom. The predicted octanol–water partition coefficient (Wildman–Crippen LogP) is 8.20. The van der Waals surface area contributed by atoms with Gasteiger partial charge in [0.1, 0.15) is 34.3 Å². The van der Waals surface area contributed by atoms with Crippen LogP contribution in [0, 0.1) is 0 Å². The van der Waals surface area contributed by atoms with Crippen LogP contribution in [0.15, 0.2) is 166 Å². The molecule has 0 unspecified atom stereocenters. The van der Waals surface area contributed by atoms with Crippen LogP contribution in [0.25, 0.3) is 21.8 Å². The summed E-state index contributed by atoms with van der Waals surface area (Å²) in [6.07, 6.45) is 3.45. The van der Waals surface area contributed by atoms with Gasteiger partial charge in [0.05, 0.1) is 37.7 Å². The predicted molar refractivity (Wildman–Crippen MR) is 210 cm³/mol. The number of rotatable bonds is 10. The molecule has 0 saturated carbocycles. The van der Waals surface area contributed by atoms with Gasteiger partial charge in [-0.3, -0.25) is 10.9 Å². The highest BCUT2D eigenvalue weighted by Gasteiger charge is 2.11. The average molecular weight is 683 g/mol. The number of pyridine rings is 2. The van der Waals surface area contributed by atoms with Gasteiger partial charge in [0.15, 0.2) is 11.7 Å². The molecular formula is C42H34N8O2. The second kappa shape index (κ2) is 16.0. The van der Waals surface area contributed by atoms with Crippen LogP contribution in [0.5, 0.6) is 11.5 Å². The molecule has 5 aromatic carbocycles. The van der Waals surface area contributed by atoms with Crippen LogP contribution >= 0.6 is 0 Å². The number of aromatic nitrogens is 2. The highest BCUT2D eigenvalue weighted by molar-refractivity contribution is 6.02. The van der Waals surface area contributed by atoms with Crippen LogP contribution in [0.1, 0.15) is 22.5 Å². The van der Waals surface area contributed by atoms with E-state index in [0.29, 0.717) is 45.9 Å². The van der Waals surface area contributed by atoms with Crippen molar-refractivity contribution in [3.05, 3.63) is 168 Å². The third-order valence-electron chi connectivity index (χ3n) is 8.02. The molecule has 0 radical (unpaired) electrons. The lowest BCUT2D eigenvalue weighted by molar-refractivity contribution is 0.416. The van der Waals surface area contributed by atoms with Gasteiger partial charge in [-0.1, -0.05) is 97.1 Å². The van der Waals surface area contributed by atoms with Crippen molar-refractivity contribution in [2.45, 2.75) is 0 Å². The Bertz CT molecular complexity index is 2280. The number of para-hydroxylation sites is 6. The molecule has 10 nitrogen and oxygen atoms in total. The normalized spacial score (nSPS) is 12.1. The molecule has 2 N–H and O–H groups in total. The number of amidine groups is 2. The first-order valence-electron chi connectivity index (χ1n) is 16.5. The van der Waals surface area contributed by atoms with Crippen molar-refractivity contribution in [2.75, 3.05) is 14.2 Å². The lowest BCUT2D eigenvalue weighted by Crippen LogP contribution is -2.20. The topological polar surface area (TPSA) is 118 Å². The van der Waals surface area contributed by atoms with Crippen LogP contribution in [-0.4, -0.2) is 48.3 Å². The molecule has 0 spiro atoms. The largest absolute Gasteiger partial charge is 0.494 e. The summed E-state index contributed by atoms with van der Waals surface area (Å²) in [4.78, 5) is 19.3. The standard InChI is InChI=1S/C42H34N8O2/c1-51-39-17-9-7-15-35(39)47-41(37-25-23-31-11-3-5-13-33(31)45-37)49-43-27-29-19-21-30(22-20-29)28-44-50-42(48-36-16-8-10-18-40(36)52-2)38-26-24-32-12-4-6-14-34(32)46-38/h3-28H,1-2H3,(H,47,49)(H,48,50). The summed E-state index contributed by atoms with van der Waals surface area (Å²) >= 11 is 0. The summed E-state index contributed by atoms with van der Waals surface area (Å²) in [6.45, 7) is 0. The van der Waals surface area contributed by atoms with E-state index in [-0.39, 0.29) is 0 Å². The van der Waals surface area contributed by atoms with Gasteiger partial charge < -0.3 is 9.47 Å². The second-order valence-electron chi connectivity index (χ2n) is 11.4. The number of nitrogens with one attached hydrogen (secondary N) is 2. The zero-order valence-corrected chi connectivity index (χ0v) is 28.5. The van der Waals surface area contributed by atoms with Crippen molar-refractivity contribution < 1.29 is 9.47 Å². The number of ether oxygens (including phenoxy) is 2. The zero-order valence-electron chi connectivity index (χ0n) is 28.5. The van der Waals surface area contributed by atoms with E-state index in [1.54, 1.807) is 26.6 Å². The smallest absolute Gasteiger partial charge is 0.173 e. The van der Waals surface area contributed by atoms with Gasteiger partial charge in [0.2, 0.25) is 0 Å². The number of benzene rings is 5. The fraction of sp³-hybridized carbons (Fsp3) is 0.0476. The molecule has 0 aliphatic carbocycles. The summed E-state index contributed by atoms with van der Waals surface area (Å²) in [6, 6.07) is 46.7. The Labute approximate surface area is 301 Å². The molecule has 52 heavy (non-hydrogen) atoms. The van der Waals surface area contributed by atoms with Gasteiger partial charge in [-0.2, -0.15) is 10.2 Å². The van der Waals surface area contributed by atoms with Crippen molar-refractivity contribution in [1.82, 2.24) is 20.8 Å². The lowest BCUT2D eigenvalue weighted by Gasteiger charge is -2.09. The minimum absolute atomic E-state index is 0.479. The first-order valence-corrected chi connectivity index (χ1v) is 16.5. The van der Waals surface area contributed by atoms with Crippen LogP contribution < -0.4 is 20.3 Å². The molecule has 0 bridgehead atoms. The molecule has 0 atom stereocenters. The molecule has 2 heterocycles. The maximum Gasteiger partial charge on any atom is 0.173 e. The van der Waals surface area contributed by atoms with Gasteiger partial charge >= 0.3 is 0 Å². The number of hydrogen-bond donors (Lipinski definition) is 2. The first-order chi connectivity index (χ1) is 25.7. The maximum atomic E-state index is 5.53. The molecule has 0 fully saturated rings. The molecule has 7 aromatic rings. The van der Waals surface area contributed by atoms with Crippen molar-refractivity contribution in [3.63, 3.8) is 0 Å². The Hall–Kier alpha value is -7.20. The Morgan fingerprint density at radius 1 is 0.481 bits per heavy atom. The van der Waals surface area contributed by atoms with Gasteiger partial charge in [0, 0.05) is 10.8 Å².